The number of nitro groups is 2. The van der Waals surface area contributed by atoms with Gasteiger partial charge < -0.3 is 39.9 Å². The summed E-state index contributed by atoms with van der Waals surface area (Å²) in [5, 5.41) is 23.6. The molecule has 0 radical (unpaired) electrons. The molecule has 2 unspecified atom stereocenters. The number of carbonyl (C=O) groups is 4. The number of nitrogens with one attached hydrogen (secondary N) is 1. The van der Waals surface area contributed by atoms with Crippen molar-refractivity contribution in [2.45, 2.75) is 102 Å². The van der Waals surface area contributed by atoms with E-state index in [0.29, 0.717) is 51.1 Å². The van der Waals surface area contributed by atoms with Gasteiger partial charge in [0.25, 0.3) is 5.91 Å². The summed E-state index contributed by atoms with van der Waals surface area (Å²) in [7, 11) is 0. The quantitative estimate of drug-likeness (QED) is 0.299. The molecule has 2 spiro atoms. The molecular formula is C34H45BrN8O10. The minimum Gasteiger partial charge on any atom is -0.444 e. The summed E-state index contributed by atoms with van der Waals surface area (Å²) < 4.78 is 11.6. The van der Waals surface area contributed by atoms with Gasteiger partial charge in [0, 0.05) is 38.3 Å². The fraction of sp³-hybridized carbons (Fsp3) is 0.588. The van der Waals surface area contributed by atoms with Gasteiger partial charge >= 0.3 is 23.8 Å². The van der Waals surface area contributed by atoms with E-state index in [1.165, 1.54) is 30.6 Å². The Bertz CT molecular complexity index is 1710. The Morgan fingerprint density at radius 1 is 0.774 bits per heavy atom. The first kappa shape index (κ1) is 40.8. The molecule has 288 valence electrons. The number of aromatic nitrogens is 2. The fourth-order valence-electron chi connectivity index (χ4n) is 6.69. The third-order valence-corrected chi connectivity index (χ3v) is 9.44. The molecule has 18 nitrogen and oxygen atoms in total. The first-order valence-electron chi connectivity index (χ1n) is 17.2. The number of amides is 4. The molecule has 4 fully saturated rings. The Balaban J connectivity index is 0.000000198. The van der Waals surface area contributed by atoms with E-state index in [0.717, 1.165) is 23.7 Å². The lowest BCUT2D eigenvalue weighted by molar-refractivity contribution is -0.389. The van der Waals surface area contributed by atoms with E-state index in [-0.39, 0.29) is 29.5 Å². The van der Waals surface area contributed by atoms with Crippen molar-refractivity contribution >= 4 is 57.3 Å². The van der Waals surface area contributed by atoms with Crippen molar-refractivity contribution < 1.29 is 38.5 Å². The van der Waals surface area contributed by atoms with Gasteiger partial charge in [-0.2, -0.15) is 0 Å². The van der Waals surface area contributed by atoms with Crippen molar-refractivity contribution in [1.29, 1.82) is 0 Å². The van der Waals surface area contributed by atoms with E-state index in [4.69, 9.17) is 9.47 Å². The van der Waals surface area contributed by atoms with Crippen LogP contribution in [0.3, 0.4) is 0 Å². The van der Waals surface area contributed by atoms with Gasteiger partial charge in [0.05, 0.1) is 10.2 Å². The zero-order chi connectivity index (χ0) is 39.4. The number of likely N-dealkylation sites (tertiary alicyclic amines) is 2. The maximum Gasteiger partial charge on any atom is 0.411 e. The van der Waals surface area contributed by atoms with E-state index in [2.05, 4.69) is 31.2 Å². The molecule has 2 aromatic heterocycles. The van der Waals surface area contributed by atoms with Crippen molar-refractivity contribution in [3.8, 4) is 0 Å². The van der Waals surface area contributed by atoms with Crippen LogP contribution in [0.2, 0.25) is 0 Å². The molecule has 4 aliphatic heterocycles. The summed E-state index contributed by atoms with van der Waals surface area (Å²) >= 11 is 3.11. The van der Waals surface area contributed by atoms with Crippen molar-refractivity contribution in [3.63, 3.8) is 0 Å². The number of carbonyl (C=O) groups excluding carboxylic acids is 4. The average Bonchev–Trinajstić information content (AvgIpc) is 3.85. The lowest BCUT2D eigenvalue weighted by atomic mass is 9.94. The maximum atomic E-state index is 13.1. The summed E-state index contributed by atoms with van der Waals surface area (Å²) in [4.78, 5) is 81.4. The van der Waals surface area contributed by atoms with Crippen molar-refractivity contribution in [2.75, 3.05) is 31.1 Å². The fourth-order valence-corrected chi connectivity index (χ4v) is 6.92. The summed E-state index contributed by atoms with van der Waals surface area (Å²) in [5.74, 6) is -0.619. The zero-order valence-corrected chi connectivity index (χ0v) is 32.2. The van der Waals surface area contributed by atoms with Crippen LogP contribution in [0.5, 0.6) is 0 Å². The summed E-state index contributed by atoms with van der Waals surface area (Å²) in [5.41, 5.74) is -2.19. The molecule has 2 atom stereocenters. The molecule has 0 bridgehead atoms. The molecule has 53 heavy (non-hydrogen) atoms. The smallest absolute Gasteiger partial charge is 0.411 e. The topological polar surface area (TPSA) is 221 Å². The predicted molar refractivity (Wildman–Crippen MR) is 194 cm³/mol. The number of ether oxygens (including phenoxy) is 2. The first-order valence-corrected chi connectivity index (χ1v) is 18.0. The lowest BCUT2D eigenvalue weighted by Crippen LogP contribution is -2.54. The number of rotatable bonds is 3. The van der Waals surface area contributed by atoms with E-state index in [1.807, 2.05) is 20.8 Å². The van der Waals surface area contributed by atoms with Gasteiger partial charge in [0.2, 0.25) is 5.91 Å². The van der Waals surface area contributed by atoms with Gasteiger partial charge in [-0.05, 0) is 128 Å². The molecule has 4 amide bonds. The second-order valence-corrected chi connectivity index (χ2v) is 15.9. The van der Waals surface area contributed by atoms with E-state index in [1.54, 1.807) is 41.5 Å². The molecule has 4 aliphatic rings. The van der Waals surface area contributed by atoms with E-state index < -0.39 is 38.2 Å². The molecule has 4 saturated heterocycles. The molecule has 2 aromatic rings. The molecule has 6 rings (SSSR count). The van der Waals surface area contributed by atoms with Gasteiger partial charge in [0.15, 0.2) is 12.4 Å². The second kappa shape index (κ2) is 16.0. The van der Waals surface area contributed by atoms with Crippen LogP contribution in [0.4, 0.5) is 26.9 Å². The third-order valence-electron chi connectivity index (χ3n) is 8.97. The Labute approximate surface area is 315 Å². The monoisotopic (exact) mass is 804 g/mol. The Morgan fingerprint density at radius 2 is 1.28 bits per heavy atom. The lowest BCUT2D eigenvalue weighted by Gasteiger charge is -2.34. The summed E-state index contributed by atoms with van der Waals surface area (Å²) in [6.45, 7) is 13.1. The van der Waals surface area contributed by atoms with Crippen LogP contribution in [0.1, 0.15) is 80.1 Å². The van der Waals surface area contributed by atoms with Crippen LogP contribution in [0, 0.1) is 20.2 Å². The number of nitrogens with zero attached hydrogens (tertiary/aromatic N) is 7. The predicted octanol–water partition coefficient (Wildman–Crippen LogP) is 5.52. The first-order chi connectivity index (χ1) is 24.7. The minimum atomic E-state index is -0.899. The molecule has 0 aliphatic carbocycles. The molecule has 0 saturated carbocycles. The van der Waals surface area contributed by atoms with E-state index >= 15 is 0 Å². The van der Waals surface area contributed by atoms with Gasteiger partial charge in [-0.1, -0.05) is 0 Å². The van der Waals surface area contributed by atoms with Crippen LogP contribution >= 0.6 is 15.9 Å². The second-order valence-electron chi connectivity index (χ2n) is 15.0. The highest BCUT2D eigenvalue weighted by molar-refractivity contribution is 9.10. The van der Waals surface area contributed by atoms with Crippen molar-refractivity contribution in [3.05, 3.63) is 61.4 Å². The van der Waals surface area contributed by atoms with Crippen LogP contribution in [0.15, 0.2) is 41.1 Å². The number of hydrogen-bond acceptors (Lipinski definition) is 12. The van der Waals surface area contributed by atoms with Crippen molar-refractivity contribution in [2.24, 2.45) is 0 Å². The minimum absolute atomic E-state index is 0.0270. The number of halogens is 1. The average molecular weight is 806 g/mol. The number of anilines is 1. The summed E-state index contributed by atoms with van der Waals surface area (Å²) in [6, 6.07) is 5.69. The largest absolute Gasteiger partial charge is 0.444 e. The molecule has 1 N–H and O–H groups in total. The molecule has 19 heteroatoms. The summed E-state index contributed by atoms with van der Waals surface area (Å²) in [6.07, 6.45) is 6.00. The number of pyridine rings is 2. The normalized spacial score (nSPS) is 22.2. The third kappa shape index (κ3) is 9.54. The van der Waals surface area contributed by atoms with E-state index in [9.17, 15) is 39.4 Å². The molecular weight excluding hydrogens is 760 g/mol. The Kier molecular flexibility index (Phi) is 12.3. The van der Waals surface area contributed by atoms with Gasteiger partial charge in [0.1, 0.15) is 22.3 Å². The molecule has 6 heterocycles. The van der Waals surface area contributed by atoms with Crippen LogP contribution in [-0.4, -0.2) is 102 Å². The van der Waals surface area contributed by atoms with Crippen LogP contribution < -0.4 is 10.2 Å². The Morgan fingerprint density at radius 3 is 1.72 bits per heavy atom. The van der Waals surface area contributed by atoms with Crippen LogP contribution in [-0.2, 0) is 19.1 Å². The van der Waals surface area contributed by atoms with Gasteiger partial charge in [-0.25, -0.2) is 9.59 Å². The SMILES string of the molecule is CC(C)(C)OC(=O)N1CCCC12CCN(c1ccc([N+](=O)[O-])nc1)C2=O.CC(C)(C)OC(=O)N1CCCC12CCNC2=O.O=[N+]([O-])c1ccc(Br)cn1. The highest BCUT2D eigenvalue weighted by Gasteiger charge is 2.56. The standard InChI is InChI=1S/C17H22N4O5.C12H20N2O3.C5H3BrN2O2/c1-16(2,3)26-15(23)20-9-4-7-17(20)8-10-19(14(17)22)12-5-6-13(18-11-12)21(24)25;1-11(2,3)17-10(16)14-8-4-5-12(14)6-7-13-9(12)15;6-4-1-2-5(7-3-4)8(9)10/h5-6,11H,4,7-10H2,1-3H3;4-8H2,1-3H3,(H,13,15);1-3H. The van der Waals surface area contributed by atoms with Gasteiger partial charge in [-0.3, -0.25) is 19.4 Å². The number of hydrogen-bond donors (Lipinski definition) is 1. The van der Waals surface area contributed by atoms with Gasteiger partial charge in [-0.15, -0.1) is 0 Å². The Hall–Kier alpha value is -4.94. The zero-order valence-electron chi connectivity index (χ0n) is 30.6. The molecule has 0 aromatic carbocycles. The highest BCUT2D eigenvalue weighted by Crippen LogP contribution is 2.41. The highest BCUT2D eigenvalue weighted by atomic mass is 79.9. The van der Waals surface area contributed by atoms with Crippen LogP contribution in [0.25, 0.3) is 0 Å². The maximum absolute atomic E-state index is 13.1. The van der Waals surface area contributed by atoms with Crippen molar-refractivity contribution in [1.82, 2.24) is 25.1 Å².